The summed E-state index contributed by atoms with van der Waals surface area (Å²) >= 11 is 0. The van der Waals surface area contributed by atoms with E-state index in [2.05, 4.69) is 15.4 Å². The van der Waals surface area contributed by atoms with Crippen LogP contribution in [0.5, 0.6) is 0 Å². The van der Waals surface area contributed by atoms with Gasteiger partial charge in [0.05, 0.1) is 7.11 Å². The number of rotatable bonds is 10. The van der Waals surface area contributed by atoms with Gasteiger partial charge in [-0.25, -0.2) is 9.59 Å². The second-order valence-corrected chi connectivity index (χ2v) is 8.71. The predicted molar refractivity (Wildman–Crippen MR) is 128 cm³/mol. The molecule has 9 nitrogen and oxygen atoms in total. The summed E-state index contributed by atoms with van der Waals surface area (Å²) in [4.78, 5) is 48.3. The molecule has 0 saturated heterocycles. The zero-order valence-corrected chi connectivity index (χ0v) is 19.9. The average molecular weight is 483 g/mol. The first-order valence-electron chi connectivity index (χ1n) is 11.4. The van der Waals surface area contributed by atoms with Crippen molar-refractivity contribution in [2.75, 3.05) is 13.7 Å². The molecule has 0 bridgehead atoms. The molecule has 3 rings (SSSR count). The molecule has 0 radical (unpaired) electrons. The highest BCUT2D eigenvalue weighted by atomic mass is 16.5. The van der Waals surface area contributed by atoms with Gasteiger partial charge >= 0.3 is 18.0 Å². The minimum Gasteiger partial charge on any atom is -0.480 e. The third-order valence-corrected chi connectivity index (χ3v) is 6.05. The smallest absolute Gasteiger partial charge is 0.407 e. The molecule has 0 saturated carbocycles. The van der Waals surface area contributed by atoms with E-state index in [0.29, 0.717) is 0 Å². The van der Waals surface area contributed by atoms with Gasteiger partial charge < -0.3 is 25.2 Å². The number of benzene rings is 2. The van der Waals surface area contributed by atoms with Crippen LogP contribution in [0.3, 0.4) is 0 Å². The second-order valence-electron chi connectivity index (χ2n) is 8.71. The summed E-state index contributed by atoms with van der Waals surface area (Å²) in [5.74, 6) is -3.01. The molecule has 0 fully saturated rings. The van der Waals surface area contributed by atoms with E-state index in [1.165, 1.54) is 7.11 Å². The molecule has 1 unspecified atom stereocenters. The van der Waals surface area contributed by atoms with Crippen molar-refractivity contribution in [3.05, 3.63) is 59.7 Å². The number of carbonyl (C=O) groups is 4. The fourth-order valence-corrected chi connectivity index (χ4v) is 4.19. The lowest BCUT2D eigenvalue weighted by Gasteiger charge is -2.24. The number of nitrogens with one attached hydrogen (secondary N) is 2. The highest BCUT2D eigenvalue weighted by Crippen LogP contribution is 2.44. The summed E-state index contributed by atoms with van der Waals surface area (Å²) in [6.45, 7) is 3.53. The molecule has 1 aliphatic rings. The Hall–Kier alpha value is -3.88. The first-order chi connectivity index (χ1) is 16.7. The number of fused-ring (bicyclic) bond motifs is 3. The first-order valence-corrected chi connectivity index (χ1v) is 11.4. The highest BCUT2D eigenvalue weighted by Gasteiger charge is 2.32. The first kappa shape index (κ1) is 25.7. The Balaban J connectivity index is 1.63. The van der Waals surface area contributed by atoms with Gasteiger partial charge in [-0.15, -0.1) is 0 Å². The van der Waals surface area contributed by atoms with E-state index >= 15 is 0 Å². The highest BCUT2D eigenvalue weighted by molar-refractivity contribution is 5.89. The normalized spacial score (nSPS) is 13.8. The lowest BCUT2D eigenvalue weighted by atomic mass is 9.98. The fourth-order valence-electron chi connectivity index (χ4n) is 4.19. The van der Waals surface area contributed by atoms with Crippen LogP contribution in [0.4, 0.5) is 4.79 Å². The van der Waals surface area contributed by atoms with Gasteiger partial charge in [0.2, 0.25) is 5.91 Å². The van der Waals surface area contributed by atoms with E-state index in [4.69, 9.17) is 4.74 Å². The Labute approximate surface area is 203 Å². The van der Waals surface area contributed by atoms with Gasteiger partial charge in [-0.3, -0.25) is 9.59 Å². The van der Waals surface area contributed by atoms with E-state index in [1.54, 1.807) is 13.8 Å². The molecule has 1 aliphatic carbocycles. The number of esters is 1. The van der Waals surface area contributed by atoms with Crippen LogP contribution in [0.1, 0.15) is 43.7 Å². The minimum atomic E-state index is -1.30. The van der Waals surface area contributed by atoms with Crippen LogP contribution in [-0.2, 0) is 23.9 Å². The Morgan fingerprint density at radius 2 is 1.51 bits per heavy atom. The van der Waals surface area contributed by atoms with Crippen LogP contribution in [0, 0.1) is 5.92 Å². The lowest BCUT2D eigenvalue weighted by Crippen LogP contribution is -2.53. The molecule has 2 atom stereocenters. The average Bonchev–Trinajstić information content (AvgIpc) is 3.16. The van der Waals surface area contributed by atoms with E-state index < -0.39 is 36.0 Å². The number of ether oxygens (including phenoxy) is 2. The van der Waals surface area contributed by atoms with Crippen LogP contribution in [0.2, 0.25) is 0 Å². The molecule has 3 N–H and O–H groups in total. The zero-order valence-electron chi connectivity index (χ0n) is 19.9. The molecule has 0 aromatic heterocycles. The summed E-state index contributed by atoms with van der Waals surface area (Å²) in [6.07, 6.45) is -1.08. The third kappa shape index (κ3) is 6.17. The largest absolute Gasteiger partial charge is 0.480 e. The minimum absolute atomic E-state index is 0.0865. The van der Waals surface area contributed by atoms with E-state index in [1.807, 2.05) is 48.5 Å². The molecular weight excluding hydrogens is 452 g/mol. The van der Waals surface area contributed by atoms with E-state index in [0.717, 1.165) is 22.3 Å². The van der Waals surface area contributed by atoms with Crippen LogP contribution < -0.4 is 10.6 Å². The van der Waals surface area contributed by atoms with Gasteiger partial charge in [0.1, 0.15) is 18.7 Å². The molecule has 2 amide bonds. The van der Waals surface area contributed by atoms with Crippen molar-refractivity contribution >= 4 is 23.9 Å². The quantitative estimate of drug-likeness (QED) is 0.444. The van der Waals surface area contributed by atoms with Gasteiger partial charge in [0.25, 0.3) is 0 Å². The van der Waals surface area contributed by atoms with Crippen molar-refractivity contribution in [1.82, 2.24) is 10.6 Å². The molecule has 0 aliphatic heterocycles. The van der Waals surface area contributed by atoms with Crippen molar-refractivity contribution in [2.24, 2.45) is 5.92 Å². The lowest BCUT2D eigenvalue weighted by molar-refractivity contribution is -0.144. The van der Waals surface area contributed by atoms with Gasteiger partial charge in [-0.1, -0.05) is 62.4 Å². The van der Waals surface area contributed by atoms with Gasteiger partial charge in [0, 0.05) is 12.3 Å². The fraction of sp³-hybridized carbons (Fsp3) is 0.385. The summed E-state index contributed by atoms with van der Waals surface area (Å²) in [5.41, 5.74) is 4.33. The Kier molecular flexibility index (Phi) is 8.46. The van der Waals surface area contributed by atoms with Gasteiger partial charge in [0.15, 0.2) is 0 Å². The van der Waals surface area contributed by atoms with Crippen LogP contribution in [-0.4, -0.2) is 54.8 Å². The molecule has 0 spiro atoms. The summed E-state index contributed by atoms with van der Waals surface area (Å²) in [7, 11) is 1.20. The van der Waals surface area contributed by atoms with E-state index in [-0.39, 0.29) is 31.3 Å². The molecule has 9 heteroatoms. The van der Waals surface area contributed by atoms with Crippen LogP contribution in [0.25, 0.3) is 11.1 Å². The number of hydrogen-bond acceptors (Lipinski definition) is 6. The number of methoxy groups -OCH3 is 1. The molecule has 186 valence electrons. The Morgan fingerprint density at radius 1 is 0.943 bits per heavy atom. The molecule has 2 aromatic rings. The number of carboxylic acids is 1. The zero-order chi connectivity index (χ0) is 25.5. The summed E-state index contributed by atoms with van der Waals surface area (Å²) in [5, 5.41) is 14.3. The van der Waals surface area contributed by atoms with Gasteiger partial charge in [-0.05, 0) is 34.6 Å². The molecule has 35 heavy (non-hydrogen) atoms. The van der Waals surface area contributed by atoms with Crippen molar-refractivity contribution in [3.63, 3.8) is 0 Å². The van der Waals surface area contributed by atoms with Crippen molar-refractivity contribution in [2.45, 2.75) is 44.7 Å². The topological polar surface area (TPSA) is 131 Å². The molecular formula is C26H30N2O7. The predicted octanol–water partition coefficient (Wildman–Crippen LogP) is 3.07. The number of aliphatic carboxylic acids is 1. The second kappa shape index (κ2) is 11.5. The maximum Gasteiger partial charge on any atom is 0.407 e. The molecule has 2 aromatic carbocycles. The Bertz CT molecular complexity index is 1050. The van der Waals surface area contributed by atoms with E-state index in [9.17, 15) is 24.3 Å². The van der Waals surface area contributed by atoms with Crippen molar-refractivity contribution in [3.8, 4) is 11.1 Å². The number of hydrogen-bond donors (Lipinski definition) is 3. The Morgan fingerprint density at radius 3 is 2.03 bits per heavy atom. The molecule has 0 heterocycles. The monoisotopic (exact) mass is 482 g/mol. The third-order valence-electron chi connectivity index (χ3n) is 6.05. The number of alkyl carbamates (subject to hydrolysis) is 1. The summed E-state index contributed by atoms with van der Waals surface area (Å²) < 4.78 is 10.0. The van der Waals surface area contributed by atoms with Crippen LogP contribution >= 0.6 is 0 Å². The maximum absolute atomic E-state index is 12.8. The number of carbonyl (C=O) groups excluding carboxylic acids is 3. The summed E-state index contributed by atoms with van der Waals surface area (Å²) in [6, 6.07) is 13.6. The maximum atomic E-state index is 12.8. The SMILES string of the molecule is COC(=O)CCC(NC(=O)[C@@H](NC(=O)OCC1c2ccccc2-c2ccccc21)C(C)C)C(=O)O. The van der Waals surface area contributed by atoms with Crippen molar-refractivity contribution < 1.29 is 33.8 Å². The number of amides is 2. The van der Waals surface area contributed by atoms with Crippen molar-refractivity contribution in [1.29, 1.82) is 0 Å². The van der Waals surface area contributed by atoms with Crippen LogP contribution in [0.15, 0.2) is 48.5 Å². The number of carboxylic acid groups (broad SMARTS) is 1. The standard InChI is InChI=1S/C26H30N2O7/c1-15(2)23(24(30)27-21(25(31)32)12-13-22(29)34-3)28-26(33)35-14-20-18-10-6-4-8-16(18)17-9-5-7-11-19(17)20/h4-11,15,20-21,23H,12-14H2,1-3H3,(H,27,30)(H,28,33)(H,31,32)/t21?,23-/m0/s1. The van der Waals surface area contributed by atoms with Gasteiger partial charge in [-0.2, -0.15) is 0 Å².